The number of nitrogens with one attached hydrogen (secondary N) is 1. The minimum atomic E-state index is -0.432. The third-order valence-electron chi connectivity index (χ3n) is 6.13. The van der Waals surface area contributed by atoms with E-state index in [1.54, 1.807) is 13.2 Å². The summed E-state index contributed by atoms with van der Waals surface area (Å²) in [4.78, 5) is 15.1. The maximum Gasteiger partial charge on any atom is 0.266 e. The molecule has 31 heavy (non-hydrogen) atoms. The number of rotatable bonds is 4. The summed E-state index contributed by atoms with van der Waals surface area (Å²) in [6, 6.07) is 11.9. The van der Waals surface area contributed by atoms with Crippen molar-refractivity contribution in [3.05, 3.63) is 58.2 Å². The first-order valence-electron chi connectivity index (χ1n) is 10.5. The molecule has 1 N–H and O–H groups in total. The number of amides is 1. The van der Waals surface area contributed by atoms with Crippen molar-refractivity contribution in [2.75, 3.05) is 24.4 Å². The quantitative estimate of drug-likeness (QED) is 0.521. The first-order valence-corrected chi connectivity index (χ1v) is 10.5. The number of hydrogen-bond acceptors (Lipinski definition) is 4. The summed E-state index contributed by atoms with van der Waals surface area (Å²) < 4.78 is 5.63. The third kappa shape index (κ3) is 4.59. The summed E-state index contributed by atoms with van der Waals surface area (Å²) in [5.74, 6) is 0.565. The maximum absolute atomic E-state index is 12.8. The number of ether oxygens (including phenoxy) is 1. The fourth-order valence-electron chi connectivity index (χ4n) is 4.45. The zero-order valence-corrected chi connectivity index (χ0v) is 19.5. The molecule has 1 aliphatic rings. The van der Waals surface area contributed by atoms with Crippen molar-refractivity contribution >= 4 is 23.4 Å². The van der Waals surface area contributed by atoms with Crippen LogP contribution in [0.4, 0.5) is 11.4 Å². The van der Waals surface area contributed by atoms with Crippen molar-refractivity contribution in [2.24, 2.45) is 0 Å². The minimum Gasteiger partial charge on any atom is -0.496 e. The predicted octanol–water partition coefficient (Wildman–Crippen LogP) is 5.58. The number of fused-ring (bicyclic) bond motifs is 1. The lowest BCUT2D eigenvalue weighted by Crippen LogP contribution is -2.45. The average Bonchev–Trinajstić information content (AvgIpc) is 2.68. The van der Waals surface area contributed by atoms with E-state index in [1.165, 1.54) is 5.56 Å². The predicted molar refractivity (Wildman–Crippen MR) is 127 cm³/mol. The van der Waals surface area contributed by atoms with Gasteiger partial charge in [0.25, 0.3) is 5.91 Å². The van der Waals surface area contributed by atoms with Gasteiger partial charge in [-0.3, -0.25) is 4.79 Å². The molecule has 5 nitrogen and oxygen atoms in total. The summed E-state index contributed by atoms with van der Waals surface area (Å²) in [6.45, 7) is 10.6. The van der Waals surface area contributed by atoms with Crippen LogP contribution in [0.5, 0.6) is 5.75 Å². The highest BCUT2D eigenvalue weighted by Gasteiger charge is 2.34. The van der Waals surface area contributed by atoms with Gasteiger partial charge in [0, 0.05) is 35.6 Å². The Morgan fingerprint density at radius 3 is 2.45 bits per heavy atom. The van der Waals surface area contributed by atoms with Crippen LogP contribution in [0.2, 0.25) is 0 Å². The standard InChI is InChI=1S/C26H31N3O2/c1-16-8-17(2)10-21(9-16)28-25(30)20(15-27)11-19-12-22-18(3)14-26(4,5)29(6)23(22)13-24(19)31-7/h8-13,18H,14H2,1-7H3,(H,28,30)/b20-11+. The number of benzene rings is 2. The van der Waals surface area contributed by atoms with Crippen molar-refractivity contribution in [3.8, 4) is 11.8 Å². The molecule has 0 bridgehead atoms. The van der Waals surface area contributed by atoms with Gasteiger partial charge >= 0.3 is 0 Å². The van der Waals surface area contributed by atoms with E-state index in [2.05, 4.69) is 38.0 Å². The summed E-state index contributed by atoms with van der Waals surface area (Å²) >= 11 is 0. The molecular formula is C26H31N3O2. The molecular weight excluding hydrogens is 386 g/mol. The van der Waals surface area contributed by atoms with Crippen LogP contribution in [0.15, 0.2) is 35.9 Å². The second-order valence-electron chi connectivity index (χ2n) is 9.13. The van der Waals surface area contributed by atoms with E-state index >= 15 is 0 Å². The second-order valence-corrected chi connectivity index (χ2v) is 9.13. The van der Waals surface area contributed by atoms with Gasteiger partial charge in [0.1, 0.15) is 17.4 Å². The van der Waals surface area contributed by atoms with Crippen LogP contribution in [0.25, 0.3) is 6.08 Å². The van der Waals surface area contributed by atoms with Gasteiger partial charge in [-0.1, -0.05) is 13.0 Å². The zero-order valence-electron chi connectivity index (χ0n) is 19.5. The first-order chi connectivity index (χ1) is 14.6. The Hall–Kier alpha value is -3.26. The highest BCUT2D eigenvalue weighted by molar-refractivity contribution is 6.10. The molecule has 1 unspecified atom stereocenters. The number of nitrogens with zero attached hydrogens (tertiary/aromatic N) is 2. The van der Waals surface area contributed by atoms with E-state index in [0.717, 1.165) is 28.8 Å². The van der Waals surface area contributed by atoms with Gasteiger partial charge < -0.3 is 15.0 Å². The topological polar surface area (TPSA) is 65.4 Å². The van der Waals surface area contributed by atoms with E-state index in [4.69, 9.17) is 4.74 Å². The van der Waals surface area contributed by atoms with Crippen LogP contribution < -0.4 is 15.0 Å². The average molecular weight is 418 g/mol. The van der Waals surface area contributed by atoms with Crippen LogP contribution in [0.1, 0.15) is 55.4 Å². The molecule has 0 saturated heterocycles. The summed E-state index contributed by atoms with van der Waals surface area (Å²) in [5.41, 5.74) is 5.90. The molecule has 162 valence electrons. The largest absolute Gasteiger partial charge is 0.496 e. The van der Waals surface area contributed by atoms with Gasteiger partial charge in [-0.15, -0.1) is 0 Å². The molecule has 0 fully saturated rings. The van der Waals surface area contributed by atoms with Gasteiger partial charge in [0.15, 0.2) is 0 Å². The fourth-order valence-corrected chi connectivity index (χ4v) is 4.45. The number of carbonyl (C=O) groups excluding carboxylic acids is 1. The van der Waals surface area contributed by atoms with Crippen LogP contribution >= 0.6 is 0 Å². The Kier molecular flexibility index (Phi) is 6.13. The monoisotopic (exact) mass is 417 g/mol. The molecule has 5 heteroatoms. The molecule has 1 atom stereocenters. The van der Waals surface area contributed by atoms with E-state index < -0.39 is 5.91 Å². The molecule has 1 amide bonds. The lowest BCUT2D eigenvalue weighted by Gasteiger charge is -2.45. The van der Waals surface area contributed by atoms with Crippen molar-refractivity contribution in [2.45, 2.75) is 52.5 Å². The summed E-state index contributed by atoms with van der Waals surface area (Å²) in [5, 5.41) is 12.5. The highest BCUT2D eigenvalue weighted by Crippen LogP contribution is 2.45. The van der Waals surface area contributed by atoms with Crippen molar-refractivity contribution < 1.29 is 9.53 Å². The Balaban J connectivity index is 2.00. The molecule has 0 saturated carbocycles. The fraction of sp³-hybridized carbons (Fsp3) is 0.385. The van der Waals surface area contributed by atoms with E-state index in [9.17, 15) is 10.1 Å². The third-order valence-corrected chi connectivity index (χ3v) is 6.13. The second kappa shape index (κ2) is 8.47. The summed E-state index contributed by atoms with van der Waals surface area (Å²) in [6.07, 6.45) is 2.63. The number of aryl methyl sites for hydroxylation is 2. The number of anilines is 2. The Morgan fingerprint density at radius 1 is 1.23 bits per heavy atom. The van der Waals surface area contributed by atoms with Gasteiger partial charge in [0.2, 0.25) is 0 Å². The Morgan fingerprint density at radius 2 is 1.87 bits per heavy atom. The molecule has 0 spiro atoms. The SMILES string of the molecule is COc1cc2c(cc1/C=C(\C#N)C(=O)Nc1cc(C)cc(C)c1)C(C)CC(C)(C)N2C. The molecule has 2 aromatic carbocycles. The van der Waals surface area contributed by atoms with E-state index in [0.29, 0.717) is 17.4 Å². The first kappa shape index (κ1) is 22.4. The molecule has 0 radical (unpaired) electrons. The molecule has 2 aromatic rings. The van der Waals surface area contributed by atoms with Gasteiger partial charge in [-0.05, 0) is 81.0 Å². The Bertz CT molecular complexity index is 1070. The van der Waals surface area contributed by atoms with Crippen molar-refractivity contribution in [1.82, 2.24) is 0 Å². The zero-order chi connectivity index (χ0) is 22.9. The minimum absolute atomic E-state index is 0.0366. The van der Waals surface area contributed by atoms with Crippen LogP contribution in [0.3, 0.4) is 0 Å². The number of nitriles is 1. The molecule has 1 heterocycles. The normalized spacial score (nSPS) is 17.5. The smallest absolute Gasteiger partial charge is 0.266 e. The van der Waals surface area contributed by atoms with Crippen molar-refractivity contribution in [3.63, 3.8) is 0 Å². The molecule has 1 aliphatic heterocycles. The maximum atomic E-state index is 12.8. The van der Waals surface area contributed by atoms with Gasteiger partial charge in [0.05, 0.1) is 7.11 Å². The van der Waals surface area contributed by atoms with Gasteiger partial charge in [-0.2, -0.15) is 5.26 Å². The van der Waals surface area contributed by atoms with Gasteiger partial charge in [-0.25, -0.2) is 0 Å². The van der Waals surface area contributed by atoms with Crippen molar-refractivity contribution in [1.29, 1.82) is 5.26 Å². The molecule has 0 aliphatic carbocycles. The Labute approximate surface area is 185 Å². The van der Waals surface area contributed by atoms with Crippen LogP contribution in [0, 0.1) is 25.2 Å². The molecule has 3 rings (SSSR count). The number of methoxy groups -OCH3 is 1. The highest BCUT2D eigenvalue weighted by atomic mass is 16.5. The van der Waals surface area contributed by atoms with Crippen LogP contribution in [-0.4, -0.2) is 25.6 Å². The van der Waals surface area contributed by atoms with E-state index in [1.807, 2.05) is 50.2 Å². The summed E-state index contributed by atoms with van der Waals surface area (Å²) in [7, 11) is 3.70. The van der Waals surface area contributed by atoms with E-state index in [-0.39, 0.29) is 11.1 Å². The lowest BCUT2D eigenvalue weighted by molar-refractivity contribution is -0.112. The lowest BCUT2D eigenvalue weighted by atomic mass is 9.80. The number of carbonyl (C=O) groups is 1. The number of hydrogen-bond donors (Lipinski definition) is 1. The van der Waals surface area contributed by atoms with Crippen LogP contribution in [-0.2, 0) is 4.79 Å². The molecule has 0 aromatic heterocycles.